The lowest BCUT2D eigenvalue weighted by atomic mass is 10.00. The first-order chi connectivity index (χ1) is 10.5. The Bertz CT molecular complexity index is 478. The quantitative estimate of drug-likeness (QED) is 0.380. The number of aryl methyl sites for hydroxylation is 1. The molecule has 1 aromatic rings. The standard InChI is InChI=1S/C18H25ClO3/c1-14(2)22-17(20)18(13-21-18)12-6-4-3-5-7-15-8-10-16(19)11-9-15/h8-11,14H,3-7,12-13H2,1-2H3. The van der Waals surface area contributed by atoms with E-state index in [9.17, 15) is 4.79 Å². The number of esters is 1. The summed E-state index contributed by atoms with van der Waals surface area (Å²) in [5, 5.41) is 0.784. The molecule has 0 radical (unpaired) electrons. The fourth-order valence-electron chi connectivity index (χ4n) is 2.52. The van der Waals surface area contributed by atoms with Crippen LogP contribution in [0.2, 0.25) is 5.02 Å². The van der Waals surface area contributed by atoms with E-state index in [0.29, 0.717) is 6.61 Å². The molecule has 22 heavy (non-hydrogen) atoms. The molecule has 0 N–H and O–H groups in total. The molecule has 1 aliphatic heterocycles. The summed E-state index contributed by atoms with van der Waals surface area (Å²) in [5.74, 6) is -0.191. The number of hydrogen-bond acceptors (Lipinski definition) is 3. The second kappa shape index (κ2) is 7.98. The van der Waals surface area contributed by atoms with Crippen LogP contribution in [0.25, 0.3) is 0 Å². The number of ether oxygens (including phenoxy) is 2. The Balaban J connectivity index is 1.58. The van der Waals surface area contributed by atoms with Crippen LogP contribution < -0.4 is 0 Å². The summed E-state index contributed by atoms with van der Waals surface area (Å²) in [6.45, 7) is 4.25. The first-order valence-corrected chi connectivity index (χ1v) is 8.49. The summed E-state index contributed by atoms with van der Waals surface area (Å²) in [7, 11) is 0. The molecule has 0 saturated carbocycles. The van der Waals surface area contributed by atoms with Gasteiger partial charge in [-0.3, -0.25) is 0 Å². The molecule has 2 rings (SSSR count). The Hall–Kier alpha value is -1.06. The Morgan fingerprint density at radius 3 is 2.45 bits per heavy atom. The van der Waals surface area contributed by atoms with E-state index in [-0.39, 0.29) is 12.1 Å². The smallest absolute Gasteiger partial charge is 0.341 e. The predicted molar refractivity (Wildman–Crippen MR) is 88.2 cm³/mol. The van der Waals surface area contributed by atoms with Crippen LogP contribution in [0.5, 0.6) is 0 Å². The van der Waals surface area contributed by atoms with Gasteiger partial charge < -0.3 is 9.47 Å². The summed E-state index contributed by atoms with van der Waals surface area (Å²) in [6, 6.07) is 8.03. The maximum absolute atomic E-state index is 11.9. The van der Waals surface area contributed by atoms with Gasteiger partial charge in [0.05, 0.1) is 12.7 Å². The van der Waals surface area contributed by atoms with Gasteiger partial charge in [-0.05, 0) is 57.2 Å². The Labute approximate surface area is 137 Å². The van der Waals surface area contributed by atoms with Crippen molar-refractivity contribution in [2.75, 3.05) is 6.61 Å². The second-order valence-corrected chi connectivity index (χ2v) is 6.71. The molecule has 1 aromatic carbocycles. The molecular weight excluding hydrogens is 300 g/mol. The van der Waals surface area contributed by atoms with Gasteiger partial charge in [-0.25, -0.2) is 4.79 Å². The number of halogens is 1. The van der Waals surface area contributed by atoms with Crippen molar-refractivity contribution in [1.29, 1.82) is 0 Å². The minimum atomic E-state index is -0.625. The lowest BCUT2D eigenvalue weighted by Gasteiger charge is -2.13. The summed E-state index contributed by atoms with van der Waals surface area (Å²) in [5.41, 5.74) is 0.701. The van der Waals surface area contributed by atoms with Crippen molar-refractivity contribution >= 4 is 17.6 Å². The van der Waals surface area contributed by atoms with Crippen LogP contribution in [0.1, 0.15) is 51.5 Å². The van der Waals surface area contributed by atoms with Crippen molar-refractivity contribution in [3.63, 3.8) is 0 Å². The van der Waals surface area contributed by atoms with Gasteiger partial charge in [-0.15, -0.1) is 0 Å². The number of benzene rings is 1. The SMILES string of the molecule is CC(C)OC(=O)C1(CCCCCCc2ccc(Cl)cc2)CO1. The lowest BCUT2D eigenvalue weighted by molar-refractivity contribution is -0.154. The minimum absolute atomic E-state index is 0.0760. The van der Waals surface area contributed by atoms with E-state index >= 15 is 0 Å². The maximum Gasteiger partial charge on any atom is 0.341 e. The fraction of sp³-hybridized carbons (Fsp3) is 0.611. The molecule has 0 spiro atoms. The first kappa shape index (κ1) is 17.3. The van der Waals surface area contributed by atoms with Gasteiger partial charge in [-0.1, -0.05) is 36.6 Å². The highest BCUT2D eigenvalue weighted by molar-refractivity contribution is 6.30. The molecule has 1 heterocycles. The topological polar surface area (TPSA) is 38.8 Å². The Kier molecular flexibility index (Phi) is 6.27. The van der Waals surface area contributed by atoms with Crippen molar-refractivity contribution in [1.82, 2.24) is 0 Å². The van der Waals surface area contributed by atoms with Gasteiger partial charge in [0.1, 0.15) is 0 Å². The predicted octanol–water partition coefficient (Wildman–Crippen LogP) is 4.55. The van der Waals surface area contributed by atoms with Gasteiger partial charge in [0.15, 0.2) is 5.60 Å². The van der Waals surface area contributed by atoms with Gasteiger partial charge in [-0.2, -0.15) is 0 Å². The van der Waals surface area contributed by atoms with Crippen LogP contribution >= 0.6 is 11.6 Å². The lowest BCUT2D eigenvalue weighted by Crippen LogP contribution is -2.29. The second-order valence-electron chi connectivity index (χ2n) is 6.28. The van der Waals surface area contributed by atoms with E-state index in [0.717, 1.165) is 43.5 Å². The van der Waals surface area contributed by atoms with Crippen LogP contribution in [-0.2, 0) is 20.7 Å². The fourth-order valence-corrected chi connectivity index (χ4v) is 2.64. The van der Waals surface area contributed by atoms with Gasteiger partial charge in [0.2, 0.25) is 0 Å². The summed E-state index contributed by atoms with van der Waals surface area (Å²) >= 11 is 5.87. The van der Waals surface area contributed by atoms with Gasteiger partial charge in [0, 0.05) is 5.02 Å². The van der Waals surface area contributed by atoms with E-state index in [1.807, 2.05) is 26.0 Å². The Morgan fingerprint density at radius 1 is 1.23 bits per heavy atom. The zero-order chi connectivity index (χ0) is 16.0. The molecule has 0 bridgehead atoms. The first-order valence-electron chi connectivity index (χ1n) is 8.11. The largest absolute Gasteiger partial charge is 0.461 e. The molecule has 3 nitrogen and oxygen atoms in total. The van der Waals surface area contributed by atoms with Crippen LogP contribution in [0.3, 0.4) is 0 Å². The van der Waals surface area contributed by atoms with Gasteiger partial charge in [0.25, 0.3) is 0 Å². The number of carbonyl (C=O) groups excluding carboxylic acids is 1. The van der Waals surface area contributed by atoms with E-state index < -0.39 is 5.60 Å². The van der Waals surface area contributed by atoms with Crippen LogP contribution in [-0.4, -0.2) is 24.3 Å². The number of carbonyl (C=O) groups is 1. The average molecular weight is 325 g/mol. The Morgan fingerprint density at radius 2 is 1.86 bits per heavy atom. The highest BCUT2D eigenvalue weighted by atomic mass is 35.5. The third-order valence-electron chi connectivity index (χ3n) is 3.92. The summed E-state index contributed by atoms with van der Waals surface area (Å²) in [6.07, 6.45) is 6.23. The molecule has 1 atom stereocenters. The van der Waals surface area contributed by atoms with Crippen molar-refractivity contribution in [2.24, 2.45) is 0 Å². The zero-order valence-corrected chi connectivity index (χ0v) is 14.2. The molecule has 1 unspecified atom stereocenters. The number of epoxide rings is 1. The number of rotatable bonds is 9. The minimum Gasteiger partial charge on any atom is -0.461 e. The molecule has 0 aromatic heterocycles. The maximum atomic E-state index is 11.9. The number of unbranched alkanes of at least 4 members (excludes halogenated alkanes) is 3. The molecular formula is C18H25ClO3. The molecule has 1 saturated heterocycles. The molecule has 1 fully saturated rings. The highest BCUT2D eigenvalue weighted by Gasteiger charge is 2.53. The number of hydrogen-bond donors (Lipinski definition) is 0. The van der Waals surface area contributed by atoms with Gasteiger partial charge >= 0.3 is 5.97 Å². The van der Waals surface area contributed by atoms with E-state index in [2.05, 4.69) is 12.1 Å². The molecule has 1 aliphatic rings. The van der Waals surface area contributed by atoms with Crippen molar-refractivity contribution < 1.29 is 14.3 Å². The third kappa shape index (κ3) is 5.29. The summed E-state index contributed by atoms with van der Waals surface area (Å²) in [4.78, 5) is 11.9. The summed E-state index contributed by atoms with van der Waals surface area (Å²) < 4.78 is 10.6. The van der Waals surface area contributed by atoms with Crippen molar-refractivity contribution in [3.8, 4) is 0 Å². The van der Waals surface area contributed by atoms with E-state index in [4.69, 9.17) is 21.1 Å². The van der Waals surface area contributed by atoms with E-state index in [1.54, 1.807) is 0 Å². The molecule has 4 heteroatoms. The van der Waals surface area contributed by atoms with E-state index in [1.165, 1.54) is 5.56 Å². The molecule has 0 aliphatic carbocycles. The molecule has 0 amide bonds. The zero-order valence-electron chi connectivity index (χ0n) is 13.4. The van der Waals surface area contributed by atoms with Crippen molar-refractivity contribution in [3.05, 3.63) is 34.9 Å². The van der Waals surface area contributed by atoms with Crippen LogP contribution in [0.4, 0.5) is 0 Å². The average Bonchev–Trinajstić information content (AvgIpc) is 3.25. The third-order valence-corrected chi connectivity index (χ3v) is 4.17. The molecule has 122 valence electrons. The normalized spacial score (nSPS) is 20.2. The van der Waals surface area contributed by atoms with Crippen LogP contribution in [0, 0.1) is 0 Å². The monoisotopic (exact) mass is 324 g/mol. The van der Waals surface area contributed by atoms with Crippen molar-refractivity contribution in [2.45, 2.75) is 64.1 Å². The highest BCUT2D eigenvalue weighted by Crippen LogP contribution is 2.34. The van der Waals surface area contributed by atoms with Crippen LogP contribution in [0.15, 0.2) is 24.3 Å².